The molecule has 0 saturated carbocycles. The van der Waals surface area contributed by atoms with Gasteiger partial charge < -0.3 is 20.1 Å². The molecule has 2 aromatic heterocycles. The summed E-state index contributed by atoms with van der Waals surface area (Å²) < 4.78 is 9.77. The summed E-state index contributed by atoms with van der Waals surface area (Å²) in [5.41, 5.74) is 8.52. The molecule has 0 atom stereocenters. The highest BCUT2D eigenvalue weighted by Crippen LogP contribution is 2.34. The average Bonchev–Trinajstić information content (AvgIpc) is 3.41. The summed E-state index contributed by atoms with van der Waals surface area (Å²) >= 11 is 1.42. The molecule has 2 heterocycles. The molecule has 0 aliphatic rings. The summed E-state index contributed by atoms with van der Waals surface area (Å²) in [5, 5.41) is 13.9. The number of thioether (sulfide) groups is 1. The van der Waals surface area contributed by atoms with Gasteiger partial charge in [0, 0.05) is 44.0 Å². The number of ether oxygens (including phenoxy) is 1. The van der Waals surface area contributed by atoms with Gasteiger partial charge >= 0.3 is 0 Å². The molecule has 0 fully saturated rings. The third kappa shape index (κ3) is 7.04. The first-order valence-electron chi connectivity index (χ1n) is 13.0. The first-order chi connectivity index (χ1) is 18.0. The number of aliphatic hydroxyl groups excluding tert-OH is 1. The molecule has 2 amide bonds. The zero-order valence-electron chi connectivity index (χ0n) is 23.3. The fraction of sp³-hybridized carbons (Fsp3) is 0.538. The second-order valence-corrected chi connectivity index (χ2v) is 17.2. The maximum Gasteiger partial charge on any atom is 0.280 e. The largest absolute Gasteiger partial charge is 0.396 e. The van der Waals surface area contributed by atoms with Gasteiger partial charge in [-0.25, -0.2) is 4.98 Å². The van der Waals surface area contributed by atoms with Gasteiger partial charge in [0.05, 0.1) is 23.3 Å². The van der Waals surface area contributed by atoms with Gasteiger partial charge in [0.2, 0.25) is 11.9 Å². The number of fused-ring (bicyclic) bond motifs is 1. The summed E-state index contributed by atoms with van der Waals surface area (Å²) in [4.78, 5) is 33.3. The van der Waals surface area contributed by atoms with Crippen molar-refractivity contribution in [3.8, 4) is 0 Å². The SMILES string of the molecule is CCCn1c(N(COCC[Si](C)(C)C)C(=O)c2cc(C)nn2CC)nc2cc(C(N)=O)cc(SCCO)c21. The number of primary amides is 1. The molecule has 12 heteroatoms. The number of carbonyl (C=O) groups excluding carboxylic acids is 2. The number of aromatic nitrogens is 4. The monoisotopic (exact) mass is 560 g/mol. The maximum absolute atomic E-state index is 14.0. The Kier molecular flexibility index (Phi) is 10.2. The van der Waals surface area contributed by atoms with E-state index in [1.54, 1.807) is 27.8 Å². The Bertz CT molecular complexity index is 1280. The molecule has 3 N–H and O–H groups in total. The first kappa shape index (κ1) is 29.9. The lowest BCUT2D eigenvalue weighted by Gasteiger charge is -2.24. The smallest absolute Gasteiger partial charge is 0.280 e. The van der Waals surface area contributed by atoms with Crippen LogP contribution in [0.25, 0.3) is 11.0 Å². The minimum atomic E-state index is -1.33. The topological polar surface area (TPSA) is 128 Å². The van der Waals surface area contributed by atoms with Crippen LogP contribution in [0.2, 0.25) is 25.7 Å². The predicted molar refractivity (Wildman–Crippen MR) is 155 cm³/mol. The third-order valence-electron chi connectivity index (χ3n) is 5.99. The zero-order chi connectivity index (χ0) is 28.0. The molecule has 0 spiro atoms. The number of benzene rings is 1. The second kappa shape index (κ2) is 12.9. The van der Waals surface area contributed by atoms with E-state index in [4.69, 9.17) is 15.5 Å². The molecule has 0 bridgehead atoms. The maximum atomic E-state index is 14.0. The number of imidazole rings is 1. The van der Waals surface area contributed by atoms with Gasteiger partial charge in [-0.05, 0) is 44.5 Å². The molecule has 0 radical (unpaired) electrons. The quantitative estimate of drug-likeness (QED) is 0.131. The van der Waals surface area contributed by atoms with Crippen LogP contribution in [0.5, 0.6) is 0 Å². The Morgan fingerprint density at radius 1 is 1.21 bits per heavy atom. The summed E-state index contributed by atoms with van der Waals surface area (Å²) in [6.45, 7) is 14.4. The van der Waals surface area contributed by atoms with Gasteiger partial charge in [-0.3, -0.25) is 19.2 Å². The van der Waals surface area contributed by atoms with Crippen LogP contribution in [0.15, 0.2) is 23.1 Å². The summed E-state index contributed by atoms with van der Waals surface area (Å²) in [6.07, 6.45) is 0.796. The van der Waals surface area contributed by atoms with E-state index in [2.05, 4.69) is 31.7 Å². The molecular weight excluding hydrogens is 520 g/mol. The Balaban J connectivity index is 2.18. The Morgan fingerprint density at radius 2 is 1.95 bits per heavy atom. The summed E-state index contributed by atoms with van der Waals surface area (Å²) in [5.74, 6) is 0.0670. The number of aliphatic hydroxyl groups is 1. The average molecular weight is 561 g/mol. The zero-order valence-corrected chi connectivity index (χ0v) is 25.1. The molecule has 3 aromatic rings. The summed E-state index contributed by atoms with van der Waals surface area (Å²) in [6, 6.07) is 6.14. The van der Waals surface area contributed by atoms with Crippen molar-refractivity contribution in [1.82, 2.24) is 19.3 Å². The Morgan fingerprint density at radius 3 is 2.55 bits per heavy atom. The van der Waals surface area contributed by atoms with Gasteiger partial charge in [-0.1, -0.05) is 26.6 Å². The van der Waals surface area contributed by atoms with Crippen LogP contribution in [-0.4, -0.2) is 70.0 Å². The molecule has 3 rings (SSSR count). The number of amides is 2. The molecular formula is C26H40N6O4SSi. The number of carbonyl (C=O) groups is 2. The lowest BCUT2D eigenvalue weighted by Crippen LogP contribution is -2.37. The van der Waals surface area contributed by atoms with Crippen molar-refractivity contribution in [1.29, 1.82) is 0 Å². The van der Waals surface area contributed by atoms with Crippen LogP contribution in [0.4, 0.5) is 5.95 Å². The minimum Gasteiger partial charge on any atom is -0.396 e. The highest BCUT2D eigenvalue weighted by molar-refractivity contribution is 7.99. The van der Waals surface area contributed by atoms with E-state index in [0.29, 0.717) is 48.2 Å². The van der Waals surface area contributed by atoms with Gasteiger partial charge in [-0.15, -0.1) is 11.8 Å². The van der Waals surface area contributed by atoms with Crippen molar-refractivity contribution >= 4 is 48.6 Å². The molecule has 0 saturated heterocycles. The van der Waals surface area contributed by atoms with E-state index in [0.717, 1.165) is 28.6 Å². The van der Waals surface area contributed by atoms with E-state index in [-0.39, 0.29) is 19.2 Å². The van der Waals surface area contributed by atoms with Crippen molar-refractivity contribution in [2.45, 2.75) is 70.9 Å². The molecule has 0 unspecified atom stereocenters. The van der Waals surface area contributed by atoms with Crippen molar-refractivity contribution in [2.24, 2.45) is 5.73 Å². The van der Waals surface area contributed by atoms with Crippen molar-refractivity contribution in [2.75, 3.05) is 30.6 Å². The fourth-order valence-electron chi connectivity index (χ4n) is 4.11. The normalized spacial score (nSPS) is 11.9. The van der Waals surface area contributed by atoms with Crippen LogP contribution < -0.4 is 10.6 Å². The number of aryl methyl sites for hydroxylation is 3. The first-order valence-corrected chi connectivity index (χ1v) is 17.7. The lowest BCUT2D eigenvalue weighted by atomic mass is 10.2. The minimum absolute atomic E-state index is 0.0162. The number of rotatable bonds is 14. The predicted octanol–water partition coefficient (Wildman–Crippen LogP) is 4.11. The van der Waals surface area contributed by atoms with Crippen molar-refractivity contribution in [3.63, 3.8) is 0 Å². The van der Waals surface area contributed by atoms with E-state index >= 15 is 0 Å². The van der Waals surface area contributed by atoms with E-state index < -0.39 is 14.0 Å². The number of anilines is 1. The van der Waals surface area contributed by atoms with E-state index in [9.17, 15) is 14.7 Å². The van der Waals surface area contributed by atoms with E-state index in [1.165, 1.54) is 11.8 Å². The van der Waals surface area contributed by atoms with Gasteiger partial charge in [0.25, 0.3) is 5.91 Å². The van der Waals surface area contributed by atoms with Crippen LogP contribution in [0.1, 0.15) is 46.8 Å². The number of hydrogen-bond acceptors (Lipinski definition) is 7. The standard InChI is InChI=1S/C26H40N6O4SSi/c1-7-9-30-23-20(15-19(24(27)34)16-22(23)37-12-10-33)28-26(30)31(17-36-11-13-38(4,5)6)25(35)21-14-18(3)29-32(21)8-2/h14-16,33H,7-13,17H2,1-6H3,(H2,27,34). The molecule has 1 aromatic carbocycles. The Labute approximate surface area is 229 Å². The second-order valence-electron chi connectivity index (χ2n) is 10.4. The lowest BCUT2D eigenvalue weighted by molar-refractivity contribution is 0.0884. The molecule has 10 nitrogen and oxygen atoms in total. The Hall–Kier alpha value is -2.67. The number of nitrogens with zero attached hydrogens (tertiary/aromatic N) is 5. The number of nitrogens with two attached hydrogens (primary N) is 1. The summed E-state index contributed by atoms with van der Waals surface area (Å²) in [7, 11) is -1.33. The van der Waals surface area contributed by atoms with Crippen molar-refractivity contribution in [3.05, 3.63) is 35.2 Å². The van der Waals surface area contributed by atoms with Crippen LogP contribution in [0, 0.1) is 6.92 Å². The molecule has 208 valence electrons. The molecule has 38 heavy (non-hydrogen) atoms. The molecule has 0 aliphatic heterocycles. The van der Waals surface area contributed by atoms with Crippen LogP contribution in [0.3, 0.4) is 0 Å². The van der Waals surface area contributed by atoms with E-state index in [1.807, 2.05) is 18.4 Å². The highest BCUT2D eigenvalue weighted by atomic mass is 32.2. The molecule has 0 aliphatic carbocycles. The van der Waals surface area contributed by atoms with Gasteiger partial charge in [-0.2, -0.15) is 5.10 Å². The van der Waals surface area contributed by atoms with Gasteiger partial charge in [0.1, 0.15) is 12.4 Å². The highest BCUT2D eigenvalue weighted by Gasteiger charge is 2.28. The van der Waals surface area contributed by atoms with Crippen LogP contribution >= 0.6 is 11.8 Å². The number of hydrogen-bond donors (Lipinski definition) is 2. The fourth-order valence-corrected chi connectivity index (χ4v) is 5.74. The van der Waals surface area contributed by atoms with Crippen LogP contribution in [-0.2, 0) is 17.8 Å². The van der Waals surface area contributed by atoms with Crippen molar-refractivity contribution < 1.29 is 19.4 Å². The van der Waals surface area contributed by atoms with Gasteiger partial charge in [0.15, 0.2) is 0 Å². The third-order valence-corrected chi connectivity index (χ3v) is 8.70.